The predicted molar refractivity (Wildman–Crippen MR) is 92.4 cm³/mol. The number of nitrogens with zero attached hydrogens (tertiary/aromatic N) is 1. The van der Waals surface area contributed by atoms with E-state index in [9.17, 15) is 8.42 Å². The number of rotatable bonds is 5. The predicted octanol–water partition coefficient (Wildman–Crippen LogP) is 2.19. The number of hydrogen-bond acceptors (Lipinski definition) is 3. The van der Waals surface area contributed by atoms with Crippen LogP contribution in [0.1, 0.15) is 17.0 Å². The molecule has 1 saturated heterocycles. The fourth-order valence-electron chi connectivity index (χ4n) is 3.25. The molecule has 0 unspecified atom stereocenters. The molecule has 23 heavy (non-hydrogen) atoms. The molecule has 2 atom stereocenters. The maximum absolute atomic E-state index is 12.7. The molecule has 0 spiro atoms. The SMILES string of the molecule is NC[C@@H]1CN(S(=O)(=O)Cc2ccccc2)C[C@H]1c1ccccc1. The molecule has 0 aliphatic carbocycles. The fraction of sp³-hybridized carbons (Fsp3) is 0.333. The highest BCUT2D eigenvalue weighted by molar-refractivity contribution is 7.88. The van der Waals surface area contributed by atoms with Crippen LogP contribution in [0.15, 0.2) is 60.7 Å². The second-order valence-electron chi connectivity index (χ2n) is 6.07. The molecule has 1 aliphatic rings. The minimum absolute atomic E-state index is 0.0483. The highest BCUT2D eigenvalue weighted by Crippen LogP contribution is 2.34. The van der Waals surface area contributed by atoms with Gasteiger partial charge < -0.3 is 5.73 Å². The van der Waals surface area contributed by atoms with Gasteiger partial charge in [-0.15, -0.1) is 0 Å². The van der Waals surface area contributed by atoms with Crippen molar-refractivity contribution in [1.82, 2.24) is 4.31 Å². The van der Waals surface area contributed by atoms with Crippen molar-refractivity contribution in [2.24, 2.45) is 11.7 Å². The minimum atomic E-state index is -3.32. The average Bonchev–Trinajstić information content (AvgIpc) is 3.01. The van der Waals surface area contributed by atoms with Gasteiger partial charge in [-0.3, -0.25) is 0 Å². The highest BCUT2D eigenvalue weighted by atomic mass is 32.2. The van der Waals surface area contributed by atoms with Crippen molar-refractivity contribution in [3.63, 3.8) is 0 Å². The second-order valence-corrected chi connectivity index (χ2v) is 8.04. The second kappa shape index (κ2) is 6.83. The third-order valence-corrected chi connectivity index (χ3v) is 6.31. The van der Waals surface area contributed by atoms with Gasteiger partial charge in [-0.1, -0.05) is 60.7 Å². The lowest BCUT2D eigenvalue weighted by molar-refractivity contribution is 0.458. The van der Waals surface area contributed by atoms with E-state index in [-0.39, 0.29) is 17.6 Å². The first kappa shape index (κ1) is 16.2. The summed E-state index contributed by atoms with van der Waals surface area (Å²) in [4.78, 5) is 0. The van der Waals surface area contributed by atoms with Crippen LogP contribution >= 0.6 is 0 Å². The van der Waals surface area contributed by atoms with Gasteiger partial charge in [0.2, 0.25) is 10.0 Å². The largest absolute Gasteiger partial charge is 0.330 e. The number of benzene rings is 2. The summed E-state index contributed by atoms with van der Waals surface area (Å²) in [6, 6.07) is 19.4. The van der Waals surface area contributed by atoms with Gasteiger partial charge in [0.25, 0.3) is 0 Å². The van der Waals surface area contributed by atoms with E-state index in [1.54, 1.807) is 4.31 Å². The first-order valence-electron chi connectivity index (χ1n) is 7.87. The van der Waals surface area contributed by atoms with Crippen molar-refractivity contribution in [2.45, 2.75) is 11.7 Å². The van der Waals surface area contributed by atoms with Crippen LogP contribution in [0, 0.1) is 5.92 Å². The molecule has 2 aromatic carbocycles. The van der Waals surface area contributed by atoms with E-state index in [1.165, 1.54) is 5.56 Å². The first-order valence-corrected chi connectivity index (χ1v) is 9.48. The molecule has 0 bridgehead atoms. The number of hydrogen-bond donors (Lipinski definition) is 1. The molecule has 4 nitrogen and oxygen atoms in total. The van der Waals surface area contributed by atoms with Crippen molar-refractivity contribution in [2.75, 3.05) is 19.6 Å². The zero-order valence-electron chi connectivity index (χ0n) is 13.0. The standard InChI is InChI=1S/C18H22N2O2S/c19-11-17-12-20(13-18(17)16-9-5-2-6-10-16)23(21,22)14-15-7-3-1-4-8-15/h1-10,17-18H,11-14,19H2/t17-,18+/m1/s1. The van der Waals surface area contributed by atoms with Crippen LogP contribution in [0.2, 0.25) is 0 Å². The Morgan fingerprint density at radius 3 is 2.17 bits per heavy atom. The number of sulfonamides is 1. The summed E-state index contributed by atoms with van der Waals surface area (Å²) in [6.45, 7) is 1.52. The quantitative estimate of drug-likeness (QED) is 0.914. The molecule has 1 heterocycles. The van der Waals surface area contributed by atoms with Crippen LogP contribution in [0.25, 0.3) is 0 Å². The van der Waals surface area contributed by atoms with Crippen molar-refractivity contribution in [3.8, 4) is 0 Å². The van der Waals surface area contributed by atoms with E-state index >= 15 is 0 Å². The Balaban J connectivity index is 1.79. The third-order valence-electron chi connectivity index (χ3n) is 4.52. The zero-order chi connectivity index (χ0) is 16.3. The molecule has 1 fully saturated rings. The van der Waals surface area contributed by atoms with Gasteiger partial charge in [0.1, 0.15) is 0 Å². The third kappa shape index (κ3) is 3.63. The van der Waals surface area contributed by atoms with E-state index < -0.39 is 10.0 Å². The summed E-state index contributed by atoms with van der Waals surface area (Å²) in [7, 11) is -3.32. The summed E-state index contributed by atoms with van der Waals surface area (Å²) >= 11 is 0. The molecule has 0 aromatic heterocycles. The smallest absolute Gasteiger partial charge is 0.218 e. The van der Waals surface area contributed by atoms with Gasteiger partial charge in [-0.2, -0.15) is 0 Å². The monoisotopic (exact) mass is 330 g/mol. The van der Waals surface area contributed by atoms with Crippen LogP contribution in [0.3, 0.4) is 0 Å². The van der Waals surface area contributed by atoms with E-state index in [0.717, 1.165) is 5.56 Å². The van der Waals surface area contributed by atoms with Crippen LogP contribution in [0.5, 0.6) is 0 Å². The normalized spacial score (nSPS) is 22.3. The van der Waals surface area contributed by atoms with Crippen LogP contribution in [0.4, 0.5) is 0 Å². The van der Waals surface area contributed by atoms with Crippen molar-refractivity contribution >= 4 is 10.0 Å². The van der Waals surface area contributed by atoms with Crippen LogP contribution in [-0.2, 0) is 15.8 Å². The molecule has 0 amide bonds. The molecule has 5 heteroatoms. The zero-order valence-corrected chi connectivity index (χ0v) is 13.8. The fourth-order valence-corrected chi connectivity index (χ4v) is 4.85. The lowest BCUT2D eigenvalue weighted by Gasteiger charge is -2.17. The maximum atomic E-state index is 12.7. The van der Waals surface area contributed by atoms with Crippen molar-refractivity contribution < 1.29 is 8.42 Å². The van der Waals surface area contributed by atoms with Crippen LogP contribution in [-0.4, -0.2) is 32.4 Å². The molecule has 122 valence electrons. The molecule has 3 rings (SSSR count). The summed E-state index contributed by atoms with van der Waals surface area (Å²) in [5.41, 5.74) is 7.88. The van der Waals surface area contributed by atoms with Gasteiger partial charge >= 0.3 is 0 Å². The van der Waals surface area contributed by atoms with E-state index in [1.807, 2.05) is 48.5 Å². The molecule has 2 aromatic rings. The Hall–Kier alpha value is -1.69. The van der Waals surface area contributed by atoms with Crippen molar-refractivity contribution in [1.29, 1.82) is 0 Å². The Kier molecular flexibility index (Phi) is 4.80. The molecule has 0 radical (unpaired) electrons. The Labute approximate surface area is 138 Å². The van der Waals surface area contributed by atoms with Crippen molar-refractivity contribution in [3.05, 3.63) is 71.8 Å². The van der Waals surface area contributed by atoms with Crippen LogP contribution < -0.4 is 5.73 Å². The Morgan fingerprint density at radius 2 is 1.57 bits per heavy atom. The number of nitrogens with two attached hydrogens (primary N) is 1. The van der Waals surface area contributed by atoms with Gasteiger partial charge in [0.05, 0.1) is 5.75 Å². The maximum Gasteiger partial charge on any atom is 0.218 e. The molecular formula is C18H22N2O2S. The van der Waals surface area contributed by atoms with E-state index in [4.69, 9.17) is 5.73 Å². The minimum Gasteiger partial charge on any atom is -0.330 e. The molecule has 0 saturated carbocycles. The van der Waals surface area contributed by atoms with Gasteiger partial charge in [-0.25, -0.2) is 12.7 Å². The Bertz CT molecular complexity index is 732. The van der Waals surface area contributed by atoms with E-state index in [2.05, 4.69) is 12.1 Å². The first-order chi connectivity index (χ1) is 11.1. The molecule has 1 aliphatic heterocycles. The molecular weight excluding hydrogens is 308 g/mol. The topological polar surface area (TPSA) is 63.4 Å². The van der Waals surface area contributed by atoms with Gasteiger partial charge in [0, 0.05) is 19.0 Å². The van der Waals surface area contributed by atoms with Gasteiger partial charge in [-0.05, 0) is 23.6 Å². The summed E-state index contributed by atoms with van der Waals surface area (Å²) in [5.74, 6) is 0.391. The summed E-state index contributed by atoms with van der Waals surface area (Å²) < 4.78 is 27.1. The van der Waals surface area contributed by atoms with E-state index in [0.29, 0.717) is 19.6 Å². The lowest BCUT2D eigenvalue weighted by atomic mass is 9.89. The lowest BCUT2D eigenvalue weighted by Crippen LogP contribution is -2.31. The molecule has 2 N–H and O–H groups in total. The average molecular weight is 330 g/mol. The summed E-state index contributed by atoms with van der Waals surface area (Å²) in [5, 5.41) is 0. The van der Waals surface area contributed by atoms with Gasteiger partial charge in [0.15, 0.2) is 0 Å². The Morgan fingerprint density at radius 1 is 0.957 bits per heavy atom. The highest BCUT2D eigenvalue weighted by Gasteiger charge is 2.38. The summed E-state index contributed by atoms with van der Waals surface area (Å²) in [6.07, 6.45) is 0.